The van der Waals surface area contributed by atoms with Crippen molar-refractivity contribution in [2.75, 3.05) is 26.3 Å². The van der Waals surface area contributed by atoms with Crippen molar-refractivity contribution in [2.24, 2.45) is 0 Å². The normalized spacial score (nSPS) is 18.9. The standard InChI is InChI=1S/C12H14N2O2/c13-9-12(14-5-7-16-8-6-14)10-1-3-11(15)4-2-10/h1-4,12,15H,5-8H2/t12-/m1/s1. The molecule has 0 unspecified atom stereocenters. The Morgan fingerprint density at radius 3 is 2.44 bits per heavy atom. The van der Waals surface area contributed by atoms with E-state index in [0.717, 1.165) is 18.7 Å². The van der Waals surface area contributed by atoms with Crippen molar-refractivity contribution in [1.29, 1.82) is 5.26 Å². The van der Waals surface area contributed by atoms with Crippen LogP contribution in [0.15, 0.2) is 24.3 Å². The molecule has 4 heteroatoms. The summed E-state index contributed by atoms with van der Waals surface area (Å²) in [4.78, 5) is 2.09. The summed E-state index contributed by atoms with van der Waals surface area (Å²) in [5.41, 5.74) is 0.919. The maximum atomic E-state index is 9.21. The Balaban J connectivity index is 2.15. The summed E-state index contributed by atoms with van der Waals surface area (Å²) in [6.45, 7) is 2.91. The molecular weight excluding hydrogens is 204 g/mol. The van der Waals surface area contributed by atoms with Gasteiger partial charge in [0.15, 0.2) is 0 Å². The lowest BCUT2D eigenvalue weighted by Crippen LogP contribution is -2.38. The summed E-state index contributed by atoms with van der Waals surface area (Å²) in [5.74, 6) is 0.224. The Morgan fingerprint density at radius 2 is 1.88 bits per heavy atom. The number of benzene rings is 1. The first-order chi connectivity index (χ1) is 7.81. The van der Waals surface area contributed by atoms with Gasteiger partial charge in [-0.2, -0.15) is 5.26 Å². The summed E-state index contributed by atoms with van der Waals surface area (Å²) in [6.07, 6.45) is 0. The number of phenols is 1. The molecule has 1 atom stereocenters. The quantitative estimate of drug-likeness (QED) is 0.812. The highest BCUT2D eigenvalue weighted by Crippen LogP contribution is 2.22. The van der Waals surface area contributed by atoms with Crippen molar-refractivity contribution < 1.29 is 9.84 Å². The van der Waals surface area contributed by atoms with Crippen LogP contribution in [0.2, 0.25) is 0 Å². The van der Waals surface area contributed by atoms with E-state index in [-0.39, 0.29) is 11.8 Å². The van der Waals surface area contributed by atoms with Crippen LogP contribution in [0.4, 0.5) is 0 Å². The molecule has 0 saturated carbocycles. The Hall–Kier alpha value is -1.57. The summed E-state index contributed by atoms with van der Waals surface area (Å²) in [6, 6.07) is 8.85. The number of ether oxygens (including phenoxy) is 1. The van der Waals surface area contributed by atoms with Gasteiger partial charge in [0.2, 0.25) is 0 Å². The van der Waals surface area contributed by atoms with Crippen molar-refractivity contribution in [3.05, 3.63) is 29.8 Å². The molecule has 1 N–H and O–H groups in total. The molecule has 1 aliphatic heterocycles. The van der Waals surface area contributed by atoms with E-state index in [0.29, 0.717) is 13.2 Å². The molecule has 1 heterocycles. The third-order valence-corrected chi connectivity index (χ3v) is 2.74. The van der Waals surface area contributed by atoms with E-state index in [1.54, 1.807) is 24.3 Å². The molecule has 0 aliphatic carbocycles. The van der Waals surface area contributed by atoms with E-state index in [9.17, 15) is 10.4 Å². The molecule has 16 heavy (non-hydrogen) atoms. The lowest BCUT2D eigenvalue weighted by molar-refractivity contribution is 0.0266. The predicted octanol–water partition coefficient (Wildman–Crippen LogP) is 1.29. The van der Waals surface area contributed by atoms with Crippen LogP contribution in [0, 0.1) is 11.3 Å². The van der Waals surface area contributed by atoms with Gasteiger partial charge in [-0.05, 0) is 17.7 Å². The van der Waals surface area contributed by atoms with Gasteiger partial charge in [0.05, 0.1) is 19.3 Å². The second-order valence-electron chi connectivity index (χ2n) is 3.77. The highest BCUT2D eigenvalue weighted by atomic mass is 16.5. The number of morpholine rings is 1. The van der Waals surface area contributed by atoms with Crippen LogP contribution in [0.5, 0.6) is 5.75 Å². The number of rotatable bonds is 2. The van der Waals surface area contributed by atoms with Crippen molar-refractivity contribution in [3.63, 3.8) is 0 Å². The number of phenolic OH excluding ortho intramolecular Hbond substituents is 1. The van der Waals surface area contributed by atoms with E-state index in [2.05, 4.69) is 11.0 Å². The van der Waals surface area contributed by atoms with Crippen LogP contribution < -0.4 is 0 Å². The first kappa shape index (κ1) is 10.9. The van der Waals surface area contributed by atoms with Gasteiger partial charge < -0.3 is 9.84 Å². The second-order valence-corrected chi connectivity index (χ2v) is 3.77. The lowest BCUT2D eigenvalue weighted by Gasteiger charge is -2.30. The van der Waals surface area contributed by atoms with Gasteiger partial charge in [-0.15, -0.1) is 0 Å². The van der Waals surface area contributed by atoms with Gasteiger partial charge in [0.1, 0.15) is 11.8 Å². The van der Waals surface area contributed by atoms with Crippen molar-refractivity contribution in [3.8, 4) is 11.8 Å². The average Bonchev–Trinajstić information content (AvgIpc) is 2.34. The number of hydrogen-bond donors (Lipinski definition) is 1. The number of aromatic hydroxyl groups is 1. The fourth-order valence-corrected chi connectivity index (χ4v) is 1.86. The van der Waals surface area contributed by atoms with Crippen LogP contribution in [0.1, 0.15) is 11.6 Å². The van der Waals surface area contributed by atoms with Crippen LogP contribution in [0.25, 0.3) is 0 Å². The minimum atomic E-state index is -0.246. The van der Waals surface area contributed by atoms with Crippen LogP contribution in [-0.2, 0) is 4.74 Å². The van der Waals surface area contributed by atoms with E-state index >= 15 is 0 Å². The Kier molecular flexibility index (Phi) is 3.40. The maximum absolute atomic E-state index is 9.21. The molecule has 0 aromatic heterocycles. The molecule has 0 amide bonds. The maximum Gasteiger partial charge on any atom is 0.124 e. The number of nitriles is 1. The largest absolute Gasteiger partial charge is 0.508 e. The zero-order valence-electron chi connectivity index (χ0n) is 8.97. The molecular formula is C12H14N2O2. The van der Waals surface area contributed by atoms with Crippen molar-refractivity contribution in [1.82, 2.24) is 4.90 Å². The summed E-state index contributed by atoms with van der Waals surface area (Å²) in [5, 5.41) is 18.4. The van der Waals surface area contributed by atoms with E-state index < -0.39 is 0 Å². The molecule has 0 spiro atoms. The summed E-state index contributed by atoms with van der Waals surface area (Å²) < 4.78 is 5.26. The van der Waals surface area contributed by atoms with E-state index in [1.165, 1.54) is 0 Å². The number of hydrogen-bond acceptors (Lipinski definition) is 4. The van der Waals surface area contributed by atoms with Gasteiger partial charge in [0.25, 0.3) is 0 Å². The third kappa shape index (κ3) is 2.32. The first-order valence-electron chi connectivity index (χ1n) is 5.31. The van der Waals surface area contributed by atoms with Gasteiger partial charge in [-0.3, -0.25) is 4.90 Å². The minimum absolute atomic E-state index is 0.224. The zero-order valence-corrected chi connectivity index (χ0v) is 8.97. The second kappa shape index (κ2) is 4.97. The highest BCUT2D eigenvalue weighted by Gasteiger charge is 2.21. The molecule has 1 aromatic carbocycles. The zero-order chi connectivity index (χ0) is 11.4. The van der Waals surface area contributed by atoms with Crippen molar-refractivity contribution in [2.45, 2.75) is 6.04 Å². The molecule has 84 valence electrons. The molecule has 0 radical (unpaired) electrons. The van der Waals surface area contributed by atoms with Crippen LogP contribution in [-0.4, -0.2) is 36.3 Å². The van der Waals surface area contributed by atoms with Gasteiger partial charge in [-0.1, -0.05) is 12.1 Å². The fourth-order valence-electron chi connectivity index (χ4n) is 1.86. The molecule has 1 aliphatic rings. The Morgan fingerprint density at radius 1 is 1.25 bits per heavy atom. The third-order valence-electron chi connectivity index (χ3n) is 2.74. The molecule has 1 fully saturated rings. The fraction of sp³-hybridized carbons (Fsp3) is 0.417. The first-order valence-corrected chi connectivity index (χ1v) is 5.31. The average molecular weight is 218 g/mol. The Labute approximate surface area is 94.7 Å². The Bertz CT molecular complexity index is 377. The molecule has 4 nitrogen and oxygen atoms in total. The smallest absolute Gasteiger partial charge is 0.124 e. The van der Waals surface area contributed by atoms with Crippen LogP contribution in [0.3, 0.4) is 0 Å². The topological polar surface area (TPSA) is 56.5 Å². The van der Waals surface area contributed by atoms with Crippen LogP contribution >= 0.6 is 0 Å². The summed E-state index contributed by atoms with van der Waals surface area (Å²) in [7, 11) is 0. The highest BCUT2D eigenvalue weighted by molar-refractivity contribution is 5.30. The monoisotopic (exact) mass is 218 g/mol. The van der Waals surface area contributed by atoms with E-state index in [1.807, 2.05) is 0 Å². The van der Waals surface area contributed by atoms with Gasteiger partial charge >= 0.3 is 0 Å². The number of nitrogens with zero attached hydrogens (tertiary/aromatic N) is 2. The summed E-state index contributed by atoms with van der Waals surface area (Å²) >= 11 is 0. The molecule has 2 rings (SSSR count). The molecule has 1 aromatic rings. The molecule has 0 bridgehead atoms. The SMILES string of the molecule is N#C[C@H](c1ccc(O)cc1)N1CCOCC1. The molecule has 1 saturated heterocycles. The minimum Gasteiger partial charge on any atom is -0.508 e. The lowest BCUT2D eigenvalue weighted by atomic mass is 10.1. The van der Waals surface area contributed by atoms with Crippen molar-refractivity contribution >= 4 is 0 Å². The van der Waals surface area contributed by atoms with E-state index in [4.69, 9.17) is 4.74 Å². The predicted molar refractivity (Wildman–Crippen MR) is 58.9 cm³/mol. The van der Waals surface area contributed by atoms with Gasteiger partial charge in [0, 0.05) is 13.1 Å². The van der Waals surface area contributed by atoms with Gasteiger partial charge in [-0.25, -0.2) is 0 Å².